The van der Waals surface area contributed by atoms with Gasteiger partial charge in [-0.15, -0.1) is 0 Å². The Bertz CT molecular complexity index is 511. The van der Waals surface area contributed by atoms with Gasteiger partial charge in [-0.2, -0.15) is 0 Å². The van der Waals surface area contributed by atoms with E-state index in [0.717, 1.165) is 25.7 Å². The maximum absolute atomic E-state index is 9.57. The van der Waals surface area contributed by atoms with E-state index in [1.54, 1.807) is 0 Å². The molecule has 1 aliphatic rings. The average Bonchev–Trinajstić information content (AvgIpc) is 2.49. The minimum absolute atomic E-state index is 0. The molecule has 2 nitrogen and oxygen atoms in total. The van der Waals surface area contributed by atoms with Crippen molar-refractivity contribution in [3.63, 3.8) is 0 Å². The van der Waals surface area contributed by atoms with E-state index in [4.69, 9.17) is 0 Å². The van der Waals surface area contributed by atoms with Crippen molar-refractivity contribution in [2.45, 2.75) is 37.7 Å². The summed E-state index contributed by atoms with van der Waals surface area (Å²) in [5, 5.41) is 9.57. The lowest BCUT2D eigenvalue weighted by Gasteiger charge is -2.25. The Hall–Kier alpha value is -1.64. The van der Waals surface area contributed by atoms with E-state index in [1.165, 1.54) is 16.7 Å². The minimum Gasteiger partial charge on any atom is -0.412 e. The molecule has 0 aromatic heterocycles. The van der Waals surface area contributed by atoms with Crippen LogP contribution in [0.25, 0.3) is 11.1 Å². The monoisotopic (exact) mass is 270 g/mol. The zero-order chi connectivity index (χ0) is 13.1. The van der Waals surface area contributed by atoms with Gasteiger partial charge in [-0.05, 0) is 48.3 Å². The van der Waals surface area contributed by atoms with Gasteiger partial charge < -0.3 is 10.6 Å². The molecule has 1 saturated carbocycles. The van der Waals surface area contributed by atoms with Crippen LogP contribution in [0.15, 0.2) is 54.6 Å². The summed E-state index contributed by atoms with van der Waals surface area (Å²) in [4.78, 5) is 0. The van der Waals surface area contributed by atoms with Crippen LogP contribution in [0.5, 0.6) is 0 Å². The van der Waals surface area contributed by atoms with Crippen molar-refractivity contribution in [3.05, 3.63) is 60.2 Å². The van der Waals surface area contributed by atoms with Crippen LogP contribution in [-0.2, 0) is 0 Å². The summed E-state index contributed by atoms with van der Waals surface area (Å²) in [7, 11) is 0. The highest BCUT2D eigenvalue weighted by Crippen LogP contribution is 2.33. The normalized spacial score (nSPS) is 22.1. The lowest BCUT2D eigenvalue weighted by Crippen LogP contribution is -2.16. The predicted octanol–water partition coefficient (Wildman–Crippen LogP) is 3.55. The standard InChI is InChI=1S/C18H20O.H2O/c19-18-12-10-17(11-13-18)16-8-6-15(7-9-16)14-4-2-1-3-5-14;/h1-9,17-19H,10-13H2;1H2. The minimum atomic E-state index is -0.0696. The summed E-state index contributed by atoms with van der Waals surface area (Å²) in [5.41, 5.74) is 3.97. The predicted molar refractivity (Wildman–Crippen MR) is 82.7 cm³/mol. The molecular formula is C18H22O2. The summed E-state index contributed by atoms with van der Waals surface area (Å²) >= 11 is 0. The van der Waals surface area contributed by atoms with Crippen molar-refractivity contribution < 1.29 is 10.6 Å². The molecule has 3 rings (SSSR count). The largest absolute Gasteiger partial charge is 0.412 e. The van der Waals surface area contributed by atoms with E-state index >= 15 is 0 Å². The van der Waals surface area contributed by atoms with E-state index in [2.05, 4.69) is 48.5 Å². The van der Waals surface area contributed by atoms with Crippen molar-refractivity contribution in [1.82, 2.24) is 0 Å². The molecule has 0 aliphatic heterocycles. The van der Waals surface area contributed by atoms with Crippen molar-refractivity contribution in [1.29, 1.82) is 0 Å². The van der Waals surface area contributed by atoms with Gasteiger partial charge in [0.2, 0.25) is 0 Å². The summed E-state index contributed by atoms with van der Waals surface area (Å²) in [6.07, 6.45) is 4.06. The highest BCUT2D eigenvalue weighted by atomic mass is 16.3. The van der Waals surface area contributed by atoms with Gasteiger partial charge in [0, 0.05) is 0 Å². The third kappa shape index (κ3) is 3.27. The van der Waals surface area contributed by atoms with Gasteiger partial charge in [-0.25, -0.2) is 0 Å². The van der Waals surface area contributed by atoms with Crippen LogP contribution in [0.2, 0.25) is 0 Å². The average molecular weight is 270 g/mol. The molecular weight excluding hydrogens is 248 g/mol. The number of hydrogen-bond donors (Lipinski definition) is 1. The highest BCUT2D eigenvalue weighted by molar-refractivity contribution is 5.63. The molecule has 2 aromatic carbocycles. The molecule has 1 aliphatic carbocycles. The molecule has 1 fully saturated rings. The molecule has 0 spiro atoms. The topological polar surface area (TPSA) is 51.7 Å². The lowest BCUT2D eigenvalue weighted by molar-refractivity contribution is 0.122. The van der Waals surface area contributed by atoms with Gasteiger partial charge in [0.15, 0.2) is 0 Å². The molecule has 20 heavy (non-hydrogen) atoms. The number of benzene rings is 2. The van der Waals surface area contributed by atoms with Crippen LogP contribution in [0.4, 0.5) is 0 Å². The Morgan fingerprint density at radius 3 is 1.85 bits per heavy atom. The number of aliphatic hydroxyl groups is 1. The Labute approximate surface area is 120 Å². The fourth-order valence-corrected chi connectivity index (χ4v) is 2.99. The smallest absolute Gasteiger partial charge is 0.0540 e. The van der Waals surface area contributed by atoms with Crippen molar-refractivity contribution >= 4 is 0 Å². The van der Waals surface area contributed by atoms with Gasteiger partial charge in [-0.3, -0.25) is 0 Å². The summed E-state index contributed by atoms with van der Waals surface area (Å²) < 4.78 is 0. The van der Waals surface area contributed by atoms with E-state index in [0.29, 0.717) is 5.92 Å². The quantitative estimate of drug-likeness (QED) is 0.891. The van der Waals surface area contributed by atoms with Crippen molar-refractivity contribution in [3.8, 4) is 11.1 Å². The van der Waals surface area contributed by atoms with Crippen LogP contribution in [0.1, 0.15) is 37.2 Å². The van der Waals surface area contributed by atoms with Gasteiger partial charge in [0.25, 0.3) is 0 Å². The third-order valence-electron chi connectivity index (χ3n) is 4.19. The number of aliphatic hydroxyl groups excluding tert-OH is 1. The molecule has 2 heteroatoms. The van der Waals surface area contributed by atoms with Gasteiger partial charge >= 0.3 is 0 Å². The van der Waals surface area contributed by atoms with Crippen LogP contribution in [0.3, 0.4) is 0 Å². The molecule has 3 N–H and O–H groups in total. The zero-order valence-electron chi connectivity index (χ0n) is 11.6. The Morgan fingerprint density at radius 1 is 0.700 bits per heavy atom. The fourth-order valence-electron chi connectivity index (χ4n) is 2.99. The Balaban J connectivity index is 0.00000147. The second-order valence-electron chi connectivity index (χ2n) is 5.49. The molecule has 0 bridgehead atoms. The Kier molecular flexibility index (Phi) is 4.94. The number of rotatable bonds is 2. The van der Waals surface area contributed by atoms with E-state index in [9.17, 15) is 5.11 Å². The van der Waals surface area contributed by atoms with E-state index in [-0.39, 0.29) is 11.6 Å². The first kappa shape index (κ1) is 14.8. The first-order chi connectivity index (χ1) is 9.33. The zero-order valence-corrected chi connectivity index (χ0v) is 11.6. The molecule has 0 atom stereocenters. The first-order valence-corrected chi connectivity index (χ1v) is 7.16. The highest BCUT2D eigenvalue weighted by Gasteiger charge is 2.20. The van der Waals surface area contributed by atoms with Crippen molar-refractivity contribution in [2.24, 2.45) is 0 Å². The second kappa shape index (κ2) is 6.69. The SMILES string of the molecule is O.OC1CCC(c2ccc(-c3ccccc3)cc2)CC1. The lowest BCUT2D eigenvalue weighted by atomic mass is 9.82. The maximum Gasteiger partial charge on any atom is 0.0540 e. The Morgan fingerprint density at radius 2 is 1.25 bits per heavy atom. The van der Waals surface area contributed by atoms with E-state index < -0.39 is 0 Å². The van der Waals surface area contributed by atoms with Gasteiger partial charge in [0.05, 0.1) is 6.10 Å². The van der Waals surface area contributed by atoms with Gasteiger partial charge in [0.1, 0.15) is 0 Å². The molecule has 0 radical (unpaired) electrons. The van der Waals surface area contributed by atoms with Crippen LogP contribution in [0, 0.1) is 0 Å². The molecule has 0 heterocycles. The van der Waals surface area contributed by atoms with E-state index in [1.807, 2.05) is 6.07 Å². The van der Waals surface area contributed by atoms with Crippen LogP contribution >= 0.6 is 0 Å². The van der Waals surface area contributed by atoms with Crippen molar-refractivity contribution in [2.75, 3.05) is 0 Å². The third-order valence-corrected chi connectivity index (χ3v) is 4.19. The fraction of sp³-hybridized carbons (Fsp3) is 0.333. The maximum atomic E-state index is 9.57. The molecule has 0 unspecified atom stereocenters. The molecule has 2 aromatic rings. The first-order valence-electron chi connectivity index (χ1n) is 7.16. The van der Waals surface area contributed by atoms with Gasteiger partial charge in [-0.1, -0.05) is 54.6 Å². The van der Waals surface area contributed by atoms with Crippen LogP contribution < -0.4 is 0 Å². The molecule has 106 valence electrons. The number of hydrogen-bond acceptors (Lipinski definition) is 1. The molecule has 0 amide bonds. The summed E-state index contributed by atoms with van der Waals surface area (Å²) in [6.45, 7) is 0. The summed E-state index contributed by atoms with van der Waals surface area (Å²) in [5.74, 6) is 0.633. The molecule has 0 saturated heterocycles. The second-order valence-corrected chi connectivity index (χ2v) is 5.49. The summed E-state index contributed by atoms with van der Waals surface area (Å²) in [6, 6.07) is 19.4. The van der Waals surface area contributed by atoms with Crippen LogP contribution in [-0.4, -0.2) is 16.7 Å².